The zero-order valence-electron chi connectivity index (χ0n) is 11.3. The van der Waals surface area contributed by atoms with Gasteiger partial charge >= 0.3 is 0 Å². The molecule has 2 aromatic carbocycles. The predicted octanol–water partition coefficient (Wildman–Crippen LogP) is 4.17. The van der Waals surface area contributed by atoms with Gasteiger partial charge in [-0.05, 0) is 29.7 Å². The number of isocyanates is 2. The molecule has 0 unspecified atom stereocenters. The maximum atomic E-state index is 10.7. The molecule has 0 aliphatic carbocycles. The molecule has 0 radical (unpaired) electrons. The molecule has 104 valence electrons. The van der Waals surface area contributed by atoms with E-state index in [9.17, 15) is 9.59 Å². The lowest BCUT2D eigenvalue weighted by molar-refractivity contribution is 0.564. The minimum atomic E-state index is 0.327. The summed E-state index contributed by atoms with van der Waals surface area (Å²) < 4.78 is 0. The first-order chi connectivity index (χ1) is 10.2. The lowest BCUT2D eigenvalue weighted by Gasteiger charge is -2.10. The summed E-state index contributed by atoms with van der Waals surface area (Å²) in [4.78, 5) is 28.5. The Kier molecular flexibility index (Phi) is 4.81. The van der Waals surface area contributed by atoms with Gasteiger partial charge in [0.15, 0.2) is 0 Å². The molecule has 0 spiro atoms. The molecular formula is C16H11ClN2O2. The smallest absolute Gasteiger partial charge is 0.211 e. The van der Waals surface area contributed by atoms with Crippen LogP contribution in [-0.2, 0) is 16.0 Å². The third kappa shape index (κ3) is 3.33. The molecule has 0 bridgehead atoms. The van der Waals surface area contributed by atoms with E-state index in [1.807, 2.05) is 30.3 Å². The van der Waals surface area contributed by atoms with Gasteiger partial charge < -0.3 is 0 Å². The summed E-state index contributed by atoms with van der Waals surface area (Å²) in [7, 11) is 0. The van der Waals surface area contributed by atoms with Crippen LogP contribution in [0.25, 0.3) is 0 Å². The summed E-state index contributed by atoms with van der Waals surface area (Å²) in [6.07, 6.45) is 3.46. The first-order valence-electron chi connectivity index (χ1n) is 6.19. The Bertz CT molecular complexity index is 774. The lowest BCUT2D eigenvalue weighted by atomic mass is 10.00. The van der Waals surface area contributed by atoms with E-state index in [2.05, 4.69) is 9.98 Å². The second-order valence-electron chi connectivity index (χ2n) is 4.41. The lowest BCUT2D eigenvalue weighted by Crippen LogP contribution is -1.91. The average molecular weight is 299 g/mol. The van der Waals surface area contributed by atoms with Gasteiger partial charge in [0.05, 0.1) is 0 Å². The van der Waals surface area contributed by atoms with Gasteiger partial charge in [-0.25, -0.2) is 9.59 Å². The topological polar surface area (TPSA) is 58.9 Å². The highest BCUT2D eigenvalue weighted by Crippen LogP contribution is 2.36. The molecule has 0 saturated carbocycles. The van der Waals surface area contributed by atoms with Crippen LogP contribution in [0, 0.1) is 6.92 Å². The van der Waals surface area contributed by atoms with E-state index < -0.39 is 0 Å². The molecule has 0 amide bonds. The summed E-state index contributed by atoms with van der Waals surface area (Å²) in [5.41, 5.74) is 3.03. The molecule has 2 rings (SSSR count). The Morgan fingerprint density at radius 2 is 1.62 bits per heavy atom. The van der Waals surface area contributed by atoms with Crippen LogP contribution in [0.15, 0.2) is 46.4 Å². The normalized spacial score (nSPS) is 9.62. The Balaban J connectivity index is 2.58. The zero-order chi connectivity index (χ0) is 15.2. The van der Waals surface area contributed by atoms with Gasteiger partial charge in [0.1, 0.15) is 11.4 Å². The number of aliphatic imine (C=N–C) groups is 2. The van der Waals surface area contributed by atoms with Crippen LogP contribution >= 0.6 is 11.6 Å². The third-order valence-electron chi connectivity index (χ3n) is 3.09. The van der Waals surface area contributed by atoms with Gasteiger partial charge in [-0.15, -0.1) is 0 Å². The molecule has 0 N–H and O–H groups in total. The van der Waals surface area contributed by atoms with Gasteiger partial charge in [-0.1, -0.05) is 41.9 Å². The summed E-state index contributed by atoms with van der Waals surface area (Å²) in [6.45, 7) is 1.78. The quantitative estimate of drug-likeness (QED) is 0.628. The van der Waals surface area contributed by atoms with E-state index in [0.29, 0.717) is 22.8 Å². The van der Waals surface area contributed by atoms with Crippen molar-refractivity contribution in [2.45, 2.75) is 13.3 Å². The fraction of sp³-hybridized carbons (Fsp3) is 0.125. The average Bonchev–Trinajstić information content (AvgIpc) is 2.48. The van der Waals surface area contributed by atoms with Gasteiger partial charge in [-0.3, -0.25) is 0 Å². The van der Waals surface area contributed by atoms with Crippen LogP contribution in [0.3, 0.4) is 0 Å². The molecule has 0 saturated heterocycles. The number of halogens is 1. The molecule has 0 aromatic heterocycles. The van der Waals surface area contributed by atoms with Crippen molar-refractivity contribution >= 4 is 35.1 Å². The van der Waals surface area contributed by atoms with Crippen LogP contribution in [0.1, 0.15) is 16.7 Å². The second kappa shape index (κ2) is 6.78. The van der Waals surface area contributed by atoms with E-state index in [1.54, 1.807) is 13.0 Å². The number of hydrogen-bond donors (Lipinski definition) is 0. The van der Waals surface area contributed by atoms with E-state index in [-0.39, 0.29) is 0 Å². The maximum absolute atomic E-state index is 10.7. The summed E-state index contributed by atoms with van der Waals surface area (Å²) in [6, 6.07) is 11.0. The Morgan fingerprint density at radius 1 is 0.952 bits per heavy atom. The molecule has 0 fully saturated rings. The first kappa shape index (κ1) is 14.9. The Hall–Kier alpha value is -2.51. The zero-order valence-corrected chi connectivity index (χ0v) is 12.0. The maximum Gasteiger partial charge on any atom is 0.240 e. The van der Waals surface area contributed by atoms with Gasteiger partial charge in [0, 0.05) is 11.4 Å². The van der Waals surface area contributed by atoms with Crippen LogP contribution in [0.4, 0.5) is 11.4 Å². The van der Waals surface area contributed by atoms with Crippen molar-refractivity contribution in [2.24, 2.45) is 9.98 Å². The van der Waals surface area contributed by atoms with E-state index in [1.165, 1.54) is 12.2 Å². The highest BCUT2D eigenvalue weighted by Gasteiger charge is 2.12. The van der Waals surface area contributed by atoms with Gasteiger partial charge in [0.2, 0.25) is 12.2 Å². The van der Waals surface area contributed by atoms with Crippen molar-refractivity contribution in [2.75, 3.05) is 0 Å². The number of nitrogens with zero attached hydrogens (tertiary/aromatic N) is 2. The number of benzene rings is 2. The molecule has 21 heavy (non-hydrogen) atoms. The van der Waals surface area contributed by atoms with E-state index in [0.717, 1.165) is 16.7 Å². The fourth-order valence-corrected chi connectivity index (χ4v) is 2.27. The number of hydrogen-bond acceptors (Lipinski definition) is 4. The summed E-state index contributed by atoms with van der Waals surface area (Å²) >= 11 is 6.14. The summed E-state index contributed by atoms with van der Waals surface area (Å²) in [5.74, 6) is 0. The fourth-order valence-electron chi connectivity index (χ4n) is 2.07. The van der Waals surface area contributed by atoms with Crippen molar-refractivity contribution in [3.8, 4) is 0 Å². The van der Waals surface area contributed by atoms with Crippen LogP contribution < -0.4 is 0 Å². The molecule has 2 aromatic rings. The predicted molar refractivity (Wildman–Crippen MR) is 81.0 cm³/mol. The minimum absolute atomic E-state index is 0.327. The van der Waals surface area contributed by atoms with Gasteiger partial charge in [-0.2, -0.15) is 9.98 Å². The number of carbonyl (C=O) groups excluding carboxylic acids is 2. The molecule has 0 atom stereocenters. The van der Waals surface area contributed by atoms with Crippen LogP contribution in [-0.4, -0.2) is 12.2 Å². The SMILES string of the molecule is Cc1ccc(Cc2ccccc2Cl)c(N=C=O)c1N=C=O. The van der Waals surface area contributed by atoms with Crippen molar-refractivity contribution < 1.29 is 9.59 Å². The largest absolute Gasteiger partial charge is 0.240 e. The van der Waals surface area contributed by atoms with Crippen molar-refractivity contribution in [1.29, 1.82) is 0 Å². The molecule has 0 heterocycles. The van der Waals surface area contributed by atoms with Gasteiger partial charge in [0.25, 0.3) is 0 Å². The van der Waals surface area contributed by atoms with Crippen LogP contribution in [0.2, 0.25) is 5.02 Å². The second-order valence-corrected chi connectivity index (χ2v) is 4.82. The standard InChI is InChI=1S/C16H11ClN2O2/c1-11-6-7-13(8-12-4-2-3-5-14(12)17)16(19-10-21)15(11)18-9-20/h2-7H,8H2,1H3. The van der Waals surface area contributed by atoms with Crippen molar-refractivity contribution in [3.63, 3.8) is 0 Å². The first-order valence-corrected chi connectivity index (χ1v) is 6.56. The Labute approximate surface area is 126 Å². The molecule has 0 aliphatic rings. The molecule has 5 heteroatoms. The third-order valence-corrected chi connectivity index (χ3v) is 3.46. The highest BCUT2D eigenvalue weighted by molar-refractivity contribution is 6.31. The van der Waals surface area contributed by atoms with E-state index in [4.69, 9.17) is 11.6 Å². The minimum Gasteiger partial charge on any atom is -0.211 e. The molecule has 0 aliphatic heterocycles. The highest BCUT2D eigenvalue weighted by atomic mass is 35.5. The molecular weight excluding hydrogens is 288 g/mol. The number of rotatable bonds is 4. The van der Waals surface area contributed by atoms with Crippen molar-refractivity contribution in [1.82, 2.24) is 0 Å². The summed E-state index contributed by atoms with van der Waals surface area (Å²) in [5, 5.41) is 0.625. The Morgan fingerprint density at radius 3 is 2.29 bits per heavy atom. The van der Waals surface area contributed by atoms with Crippen LogP contribution in [0.5, 0.6) is 0 Å². The molecule has 4 nitrogen and oxygen atoms in total. The monoisotopic (exact) mass is 298 g/mol. The number of aryl methyl sites for hydroxylation is 1. The van der Waals surface area contributed by atoms with Crippen molar-refractivity contribution in [3.05, 3.63) is 58.1 Å². The van der Waals surface area contributed by atoms with E-state index >= 15 is 0 Å².